The summed E-state index contributed by atoms with van der Waals surface area (Å²) in [5.74, 6) is -0.238. The minimum atomic E-state index is -0.238. The van der Waals surface area contributed by atoms with Gasteiger partial charge in [0.15, 0.2) is 6.19 Å². The molecular weight excluding hydrogens is 188 g/mol. The number of hydrogen-bond acceptors (Lipinski definition) is 5. The number of rotatable bonds is 3. The molecular formula is C7H6N4OS. The fourth-order valence-corrected chi connectivity index (χ4v) is 1.26. The van der Waals surface area contributed by atoms with Crippen molar-refractivity contribution in [3.8, 4) is 6.19 Å². The zero-order valence-electron chi connectivity index (χ0n) is 6.52. The van der Waals surface area contributed by atoms with E-state index in [4.69, 9.17) is 5.26 Å². The summed E-state index contributed by atoms with van der Waals surface area (Å²) < 4.78 is 0. The van der Waals surface area contributed by atoms with Gasteiger partial charge in [-0.3, -0.25) is 4.79 Å². The van der Waals surface area contributed by atoms with Crippen LogP contribution in [-0.4, -0.2) is 12.2 Å². The van der Waals surface area contributed by atoms with Gasteiger partial charge in [0, 0.05) is 0 Å². The molecule has 2 N–H and O–H groups in total. The van der Waals surface area contributed by atoms with Crippen LogP contribution in [-0.2, 0) is 0 Å². The Kier molecular flexibility index (Phi) is 3.47. The van der Waals surface area contributed by atoms with Crippen LogP contribution in [0.15, 0.2) is 22.6 Å². The van der Waals surface area contributed by atoms with Gasteiger partial charge < -0.3 is 5.32 Å². The molecule has 0 atom stereocenters. The summed E-state index contributed by atoms with van der Waals surface area (Å²) in [6, 6.07) is 3.48. The fraction of sp³-hybridized carbons (Fsp3) is 0. The molecule has 0 saturated carbocycles. The highest BCUT2D eigenvalue weighted by molar-refractivity contribution is 7.12. The third-order valence-electron chi connectivity index (χ3n) is 1.12. The Labute approximate surface area is 78.7 Å². The van der Waals surface area contributed by atoms with E-state index in [-0.39, 0.29) is 5.91 Å². The van der Waals surface area contributed by atoms with Gasteiger partial charge in [-0.25, -0.2) is 5.43 Å². The van der Waals surface area contributed by atoms with Crippen molar-refractivity contribution in [3.05, 3.63) is 22.4 Å². The first-order valence-corrected chi connectivity index (χ1v) is 4.22. The summed E-state index contributed by atoms with van der Waals surface area (Å²) in [7, 11) is 0. The van der Waals surface area contributed by atoms with Crippen molar-refractivity contribution in [2.75, 3.05) is 0 Å². The van der Waals surface area contributed by atoms with Gasteiger partial charge in [-0.1, -0.05) is 6.07 Å². The van der Waals surface area contributed by atoms with Gasteiger partial charge >= 0.3 is 0 Å². The SMILES string of the molecule is N#CNN=CNC(=O)c1cccs1. The average molecular weight is 194 g/mol. The van der Waals surface area contributed by atoms with Crippen molar-refractivity contribution in [2.45, 2.75) is 0 Å². The molecule has 0 spiro atoms. The smallest absolute Gasteiger partial charge is 0.266 e. The van der Waals surface area contributed by atoms with Crippen LogP contribution in [0.4, 0.5) is 0 Å². The van der Waals surface area contributed by atoms with Gasteiger partial charge in [-0.2, -0.15) is 10.4 Å². The van der Waals surface area contributed by atoms with E-state index in [9.17, 15) is 4.79 Å². The number of nitrogens with one attached hydrogen (secondary N) is 2. The lowest BCUT2D eigenvalue weighted by atomic mass is 10.4. The van der Waals surface area contributed by atoms with Crippen LogP contribution in [0.25, 0.3) is 0 Å². The van der Waals surface area contributed by atoms with E-state index in [1.165, 1.54) is 11.3 Å². The number of hydrazone groups is 1. The summed E-state index contributed by atoms with van der Waals surface area (Å²) >= 11 is 1.34. The summed E-state index contributed by atoms with van der Waals surface area (Å²) in [6.45, 7) is 0. The minimum absolute atomic E-state index is 0.238. The first-order chi connectivity index (χ1) is 6.34. The van der Waals surface area contributed by atoms with Crippen molar-refractivity contribution < 1.29 is 4.79 Å². The topological polar surface area (TPSA) is 77.3 Å². The van der Waals surface area contributed by atoms with Crippen molar-refractivity contribution in [1.29, 1.82) is 5.26 Å². The molecule has 13 heavy (non-hydrogen) atoms. The van der Waals surface area contributed by atoms with E-state index in [0.717, 1.165) is 6.34 Å². The monoisotopic (exact) mass is 194 g/mol. The average Bonchev–Trinajstić information content (AvgIpc) is 2.65. The molecule has 1 aromatic rings. The first-order valence-electron chi connectivity index (χ1n) is 3.34. The predicted octanol–water partition coefficient (Wildman–Crippen LogP) is 0.492. The van der Waals surface area contributed by atoms with Crippen molar-refractivity contribution in [1.82, 2.24) is 10.7 Å². The summed E-state index contributed by atoms with van der Waals surface area (Å²) in [5.41, 5.74) is 2.01. The first kappa shape index (κ1) is 9.22. The third-order valence-corrected chi connectivity index (χ3v) is 1.99. The molecule has 0 aliphatic heterocycles. The van der Waals surface area contributed by atoms with Crippen molar-refractivity contribution in [3.63, 3.8) is 0 Å². The van der Waals surface area contributed by atoms with Gasteiger partial charge in [0.25, 0.3) is 5.91 Å². The molecule has 0 aliphatic rings. The molecule has 0 saturated heterocycles. The third kappa shape index (κ3) is 2.92. The largest absolute Gasteiger partial charge is 0.311 e. The molecule has 0 aromatic carbocycles. The quantitative estimate of drug-likeness (QED) is 0.242. The second kappa shape index (κ2) is 4.90. The van der Waals surface area contributed by atoms with E-state index in [1.807, 2.05) is 5.43 Å². The number of hydrogen-bond donors (Lipinski definition) is 2. The molecule has 0 radical (unpaired) electrons. The standard InChI is InChI=1S/C7H6N4OS/c8-4-10-11-5-9-7(12)6-2-1-3-13-6/h1-3,5,10H,(H,9,11,12). The second-order valence-corrected chi connectivity index (χ2v) is 2.88. The highest BCUT2D eigenvalue weighted by Crippen LogP contribution is 2.06. The van der Waals surface area contributed by atoms with Crippen LogP contribution in [0.2, 0.25) is 0 Å². The summed E-state index contributed by atoms with van der Waals surface area (Å²) in [4.78, 5) is 11.8. The zero-order chi connectivity index (χ0) is 9.52. The van der Waals surface area contributed by atoms with Crippen LogP contribution in [0, 0.1) is 11.5 Å². The van der Waals surface area contributed by atoms with Gasteiger partial charge in [0.05, 0.1) is 4.88 Å². The van der Waals surface area contributed by atoms with Gasteiger partial charge in [-0.05, 0) is 11.4 Å². The molecule has 1 rings (SSSR count). The van der Waals surface area contributed by atoms with Crippen LogP contribution >= 0.6 is 11.3 Å². The van der Waals surface area contributed by atoms with Gasteiger partial charge in [0.1, 0.15) is 6.34 Å². The van der Waals surface area contributed by atoms with Crippen molar-refractivity contribution in [2.24, 2.45) is 5.10 Å². The molecule has 5 nitrogen and oxygen atoms in total. The van der Waals surface area contributed by atoms with E-state index >= 15 is 0 Å². The Morgan fingerprint density at radius 1 is 1.77 bits per heavy atom. The molecule has 0 unspecified atom stereocenters. The highest BCUT2D eigenvalue weighted by Gasteiger charge is 2.02. The maximum atomic E-state index is 11.2. The number of nitriles is 1. The van der Waals surface area contributed by atoms with E-state index in [1.54, 1.807) is 23.7 Å². The minimum Gasteiger partial charge on any atom is -0.311 e. The number of amides is 1. The number of nitrogens with zero attached hydrogens (tertiary/aromatic N) is 2. The normalized spacial score (nSPS) is 9.46. The fourth-order valence-electron chi connectivity index (χ4n) is 0.631. The molecule has 66 valence electrons. The van der Waals surface area contributed by atoms with Crippen LogP contribution < -0.4 is 10.7 Å². The number of thiophene rings is 1. The molecule has 1 aromatic heterocycles. The lowest BCUT2D eigenvalue weighted by Gasteiger charge is -1.93. The Hall–Kier alpha value is -1.87. The molecule has 0 fully saturated rings. The lowest BCUT2D eigenvalue weighted by molar-refractivity contribution is 0.0982. The van der Waals surface area contributed by atoms with E-state index in [0.29, 0.717) is 4.88 Å². The van der Waals surface area contributed by atoms with Gasteiger partial charge in [0.2, 0.25) is 0 Å². The summed E-state index contributed by atoms with van der Waals surface area (Å²) in [6.07, 6.45) is 2.71. The molecule has 0 bridgehead atoms. The Balaban J connectivity index is 2.40. The molecule has 1 heterocycles. The number of carbonyl (C=O) groups is 1. The maximum absolute atomic E-state index is 11.2. The Morgan fingerprint density at radius 2 is 2.62 bits per heavy atom. The number of carbonyl (C=O) groups excluding carboxylic acids is 1. The molecule has 6 heteroatoms. The Bertz CT molecular complexity index is 338. The van der Waals surface area contributed by atoms with E-state index in [2.05, 4.69) is 10.4 Å². The summed E-state index contributed by atoms with van der Waals surface area (Å²) in [5, 5.41) is 15.6. The second-order valence-electron chi connectivity index (χ2n) is 1.93. The Morgan fingerprint density at radius 3 is 3.23 bits per heavy atom. The highest BCUT2D eigenvalue weighted by atomic mass is 32.1. The van der Waals surface area contributed by atoms with Crippen LogP contribution in [0.3, 0.4) is 0 Å². The van der Waals surface area contributed by atoms with E-state index < -0.39 is 0 Å². The lowest BCUT2D eigenvalue weighted by Crippen LogP contribution is -2.21. The zero-order valence-corrected chi connectivity index (χ0v) is 7.34. The van der Waals surface area contributed by atoms with Crippen LogP contribution in [0.5, 0.6) is 0 Å². The predicted molar refractivity (Wildman–Crippen MR) is 49.0 cm³/mol. The van der Waals surface area contributed by atoms with Crippen LogP contribution in [0.1, 0.15) is 9.67 Å². The maximum Gasteiger partial charge on any atom is 0.266 e. The molecule has 1 amide bonds. The molecule has 0 aliphatic carbocycles. The van der Waals surface area contributed by atoms with Crippen molar-refractivity contribution >= 4 is 23.6 Å². The van der Waals surface area contributed by atoms with Gasteiger partial charge in [-0.15, -0.1) is 11.3 Å².